The van der Waals surface area contributed by atoms with E-state index in [2.05, 4.69) is 34.3 Å². The lowest BCUT2D eigenvalue weighted by Gasteiger charge is -2.33. The van der Waals surface area contributed by atoms with Crippen molar-refractivity contribution >= 4 is 0 Å². The molecule has 0 spiro atoms. The fourth-order valence-corrected chi connectivity index (χ4v) is 2.36. The lowest BCUT2D eigenvalue weighted by Crippen LogP contribution is -2.39. The molecule has 0 bridgehead atoms. The third-order valence-corrected chi connectivity index (χ3v) is 3.45. The van der Waals surface area contributed by atoms with E-state index < -0.39 is 0 Å². The summed E-state index contributed by atoms with van der Waals surface area (Å²) in [6.07, 6.45) is 5.57. The van der Waals surface area contributed by atoms with Crippen molar-refractivity contribution in [2.24, 2.45) is 11.8 Å². The highest BCUT2D eigenvalue weighted by Gasteiger charge is 2.24. The Hall–Kier alpha value is -0.900. The van der Waals surface area contributed by atoms with Crippen LogP contribution in [-0.4, -0.2) is 21.2 Å². The van der Waals surface area contributed by atoms with E-state index in [1.165, 1.54) is 19.3 Å². The van der Waals surface area contributed by atoms with Crippen molar-refractivity contribution in [3.05, 3.63) is 12.2 Å². The minimum absolute atomic E-state index is 0.638. The highest BCUT2D eigenvalue weighted by molar-refractivity contribution is 4.85. The van der Waals surface area contributed by atoms with Crippen LogP contribution in [0.15, 0.2) is 6.33 Å². The van der Waals surface area contributed by atoms with Gasteiger partial charge in [-0.3, -0.25) is 5.10 Å². The van der Waals surface area contributed by atoms with Gasteiger partial charge in [0.15, 0.2) is 0 Å². The van der Waals surface area contributed by atoms with Crippen molar-refractivity contribution in [2.75, 3.05) is 0 Å². The molecule has 3 unspecified atom stereocenters. The highest BCUT2D eigenvalue weighted by atomic mass is 15.2. The maximum absolute atomic E-state index is 4.12. The Labute approximate surface area is 90.9 Å². The van der Waals surface area contributed by atoms with Crippen LogP contribution in [0.25, 0.3) is 0 Å². The second kappa shape index (κ2) is 4.75. The van der Waals surface area contributed by atoms with Crippen molar-refractivity contribution in [3.63, 3.8) is 0 Å². The molecule has 4 heteroatoms. The largest absolute Gasteiger partial charge is 0.307 e. The average molecular weight is 208 g/mol. The second-order valence-corrected chi connectivity index (χ2v) is 4.82. The maximum atomic E-state index is 4.12. The molecule has 4 nitrogen and oxygen atoms in total. The van der Waals surface area contributed by atoms with Crippen molar-refractivity contribution in [3.8, 4) is 0 Å². The predicted octanol–water partition coefficient (Wildman–Crippen LogP) is 1.72. The lowest BCUT2D eigenvalue weighted by molar-refractivity contribution is 0.226. The van der Waals surface area contributed by atoms with Crippen molar-refractivity contribution in [2.45, 2.75) is 45.7 Å². The van der Waals surface area contributed by atoms with Crippen molar-refractivity contribution in [1.29, 1.82) is 0 Å². The number of hydrogen-bond donors (Lipinski definition) is 2. The quantitative estimate of drug-likeness (QED) is 0.795. The molecule has 3 atom stereocenters. The van der Waals surface area contributed by atoms with Crippen LogP contribution in [0.3, 0.4) is 0 Å². The van der Waals surface area contributed by atoms with Crippen LogP contribution in [0.2, 0.25) is 0 Å². The normalized spacial score (nSPS) is 31.7. The number of aromatic amines is 1. The predicted molar refractivity (Wildman–Crippen MR) is 59.2 cm³/mol. The van der Waals surface area contributed by atoms with Crippen LogP contribution < -0.4 is 5.32 Å². The molecule has 0 aliphatic heterocycles. The Morgan fingerprint density at radius 2 is 2.33 bits per heavy atom. The van der Waals surface area contributed by atoms with Crippen LogP contribution in [0.4, 0.5) is 0 Å². The van der Waals surface area contributed by atoms with E-state index >= 15 is 0 Å². The Kier molecular flexibility index (Phi) is 3.36. The molecule has 15 heavy (non-hydrogen) atoms. The molecule has 1 aliphatic rings. The standard InChI is InChI=1S/C11H20N4/c1-8-3-4-9(2)10(5-8)12-6-11-13-7-14-15-11/h7-10,12H,3-6H2,1-2H3,(H,13,14,15). The number of hydrogen-bond acceptors (Lipinski definition) is 3. The second-order valence-electron chi connectivity index (χ2n) is 4.82. The number of nitrogens with zero attached hydrogens (tertiary/aromatic N) is 2. The Balaban J connectivity index is 1.82. The van der Waals surface area contributed by atoms with Gasteiger partial charge in [0.25, 0.3) is 0 Å². The smallest absolute Gasteiger partial charge is 0.138 e. The van der Waals surface area contributed by atoms with Gasteiger partial charge >= 0.3 is 0 Å². The first-order valence-corrected chi connectivity index (χ1v) is 5.83. The van der Waals surface area contributed by atoms with E-state index in [1.54, 1.807) is 6.33 Å². The summed E-state index contributed by atoms with van der Waals surface area (Å²) >= 11 is 0. The van der Waals surface area contributed by atoms with Gasteiger partial charge in [-0.15, -0.1) is 0 Å². The van der Waals surface area contributed by atoms with Gasteiger partial charge in [-0.25, -0.2) is 4.98 Å². The van der Waals surface area contributed by atoms with E-state index in [9.17, 15) is 0 Å². The molecule has 2 rings (SSSR count). The van der Waals surface area contributed by atoms with Crippen LogP contribution in [-0.2, 0) is 6.54 Å². The minimum atomic E-state index is 0.638. The Morgan fingerprint density at radius 1 is 1.47 bits per heavy atom. The fourth-order valence-electron chi connectivity index (χ4n) is 2.36. The summed E-state index contributed by atoms with van der Waals surface area (Å²) in [7, 11) is 0. The van der Waals surface area contributed by atoms with Gasteiger partial charge in [0.1, 0.15) is 12.2 Å². The number of aromatic nitrogens is 3. The van der Waals surface area contributed by atoms with Gasteiger partial charge in [-0.1, -0.05) is 20.3 Å². The summed E-state index contributed by atoms with van der Waals surface area (Å²) in [5.74, 6) is 2.57. The van der Waals surface area contributed by atoms with Crippen LogP contribution >= 0.6 is 0 Å². The Morgan fingerprint density at radius 3 is 3.07 bits per heavy atom. The van der Waals surface area contributed by atoms with Gasteiger partial charge in [-0.2, -0.15) is 5.10 Å². The lowest BCUT2D eigenvalue weighted by atomic mass is 9.80. The molecule has 0 radical (unpaired) electrons. The molecule has 0 aromatic carbocycles. The molecule has 2 N–H and O–H groups in total. The summed E-state index contributed by atoms with van der Waals surface area (Å²) in [6.45, 7) is 5.49. The molecule has 1 fully saturated rings. The third kappa shape index (κ3) is 2.78. The zero-order valence-corrected chi connectivity index (χ0v) is 9.53. The first-order valence-electron chi connectivity index (χ1n) is 5.83. The first-order chi connectivity index (χ1) is 7.25. The minimum Gasteiger partial charge on any atom is -0.307 e. The van der Waals surface area contributed by atoms with E-state index in [0.717, 1.165) is 24.2 Å². The van der Waals surface area contributed by atoms with Crippen LogP contribution in [0.1, 0.15) is 38.9 Å². The SMILES string of the molecule is CC1CCC(C)C(NCc2ncn[nH]2)C1. The number of rotatable bonds is 3. The van der Waals surface area contributed by atoms with E-state index in [-0.39, 0.29) is 0 Å². The van der Waals surface area contributed by atoms with Gasteiger partial charge < -0.3 is 5.32 Å². The highest BCUT2D eigenvalue weighted by Crippen LogP contribution is 2.28. The van der Waals surface area contributed by atoms with Crippen LogP contribution in [0.5, 0.6) is 0 Å². The molecule has 1 aromatic heterocycles. The Bertz CT molecular complexity index is 283. The molecule has 1 saturated carbocycles. The molecule has 0 saturated heterocycles. The van der Waals surface area contributed by atoms with E-state index in [1.807, 2.05) is 0 Å². The molecular formula is C11H20N4. The summed E-state index contributed by atoms with van der Waals surface area (Å²) in [5.41, 5.74) is 0. The number of nitrogens with one attached hydrogen (secondary N) is 2. The third-order valence-electron chi connectivity index (χ3n) is 3.45. The summed E-state index contributed by atoms with van der Waals surface area (Å²) < 4.78 is 0. The summed E-state index contributed by atoms with van der Waals surface area (Å²) in [6, 6.07) is 0.638. The summed E-state index contributed by atoms with van der Waals surface area (Å²) in [5, 5.41) is 10.3. The molecule has 1 heterocycles. The monoisotopic (exact) mass is 208 g/mol. The molecule has 1 aliphatic carbocycles. The first kappa shape index (κ1) is 10.6. The fraction of sp³-hybridized carbons (Fsp3) is 0.818. The molecule has 1 aromatic rings. The van der Waals surface area contributed by atoms with Gasteiger partial charge in [0.05, 0.1) is 6.54 Å². The molecular weight excluding hydrogens is 188 g/mol. The van der Waals surface area contributed by atoms with Gasteiger partial charge in [0, 0.05) is 6.04 Å². The average Bonchev–Trinajstić information content (AvgIpc) is 2.72. The molecule has 84 valence electrons. The summed E-state index contributed by atoms with van der Waals surface area (Å²) in [4.78, 5) is 4.12. The zero-order chi connectivity index (χ0) is 10.7. The molecule has 0 amide bonds. The zero-order valence-electron chi connectivity index (χ0n) is 9.53. The van der Waals surface area contributed by atoms with Crippen molar-refractivity contribution < 1.29 is 0 Å². The van der Waals surface area contributed by atoms with Gasteiger partial charge in [-0.05, 0) is 24.7 Å². The van der Waals surface area contributed by atoms with Gasteiger partial charge in [0.2, 0.25) is 0 Å². The maximum Gasteiger partial charge on any atom is 0.138 e. The topological polar surface area (TPSA) is 53.6 Å². The van der Waals surface area contributed by atoms with E-state index in [4.69, 9.17) is 0 Å². The van der Waals surface area contributed by atoms with Crippen molar-refractivity contribution in [1.82, 2.24) is 20.5 Å². The van der Waals surface area contributed by atoms with Crippen LogP contribution in [0, 0.1) is 11.8 Å². The van der Waals surface area contributed by atoms with E-state index in [0.29, 0.717) is 6.04 Å². The number of H-pyrrole nitrogens is 1.